The molecule has 5 heteroatoms. The zero-order chi connectivity index (χ0) is 15.2. The quantitative estimate of drug-likeness (QED) is 0.888. The smallest absolute Gasteiger partial charge is 0.119 e. The lowest BCUT2D eigenvalue weighted by molar-refractivity contribution is 0.373. The van der Waals surface area contributed by atoms with Crippen molar-refractivity contribution in [2.24, 2.45) is 0 Å². The molecule has 0 saturated heterocycles. The SMILES string of the molecule is COc1ccc(NN2C=CC(Cc3ccncc3)=CN2)cc1. The van der Waals surface area contributed by atoms with Crippen LogP contribution < -0.4 is 15.6 Å². The highest BCUT2D eigenvalue weighted by atomic mass is 16.5. The number of nitrogens with one attached hydrogen (secondary N) is 2. The highest BCUT2D eigenvalue weighted by Gasteiger charge is 2.05. The van der Waals surface area contributed by atoms with E-state index in [9.17, 15) is 0 Å². The molecule has 22 heavy (non-hydrogen) atoms. The number of pyridine rings is 1. The first kappa shape index (κ1) is 14.0. The third-order valence-electron chi connectivity index (χ3n) is 3.32. The summed E-state index contributed by atoms with van der Waals surface area (Å²) in [6, 6.07) is 11.8. The molecule has 2 heterocycles. The molecule has 0 amide bonds. The van der Waals surface area contributed by atoms with Crippen LogP contribution in [-0.2, 0) is 6.42 Å². The summed E-state index contributed by atoms with van der Waals surface area (Å²) >= 11 is 0. The van der Waals surface area contributed by atoms with Crippen LogP contribution in [0.4, 0.5) is 5.69 Å². The molecule has 0 atom stereocenters. The van der Waals surface area contributed by atoms with E-state index in [0.29, 0.717) is 0 Å². The van der Waals surface area contributed by atoms with Crippen LogP contribution in [0.5, 0.6) is 5.75 Å². The van der Waals surface area contributed by atoms with E-state index in [0.717, 1.165) is 17.9 Å². The van der Waals surface area contributed by atoms with Crippen molar-refractivity contribution in [2.75, 3.05) is 12.5 Å². The first-order chi connectivity index (χ1) is 10.8. The minimum atomic E-state index is 0.840. The van der Waals surface area contributed by atoms with Gasteiger partial charge in [-0.05, 0) is 60.0 Å². The van der Waals surface area contributed by atoms with Crippen LogP contribution in [0.15, 0.2) is 72.8 Å². The molecule has 0 spiro atoms. The molecule has 1 aliphatic rings. The van der Waals surface area contributed by atoms with Crippen LogP contribution in [0.2, 0.25) is 0 Å². The van der Waals surface area contributed by atoms with Crippen molar-refractivity contribution in [3.05, 3.63) is 78.4 Å². The first-order valence-electron chi connectivity index (χ1n) is 7.06. The van der Waals surface area contributed by atoms with E-state index in [4.69, 9.17) is 4.74 Å². The van der Waals surface area contributed by atoms with E-state index in [2.05, 4.69) is 21.9 Å². The Morgan fingerprint density at radius 1 is 1.14 bits per heavy atom. The molecule has 0 aliphatic carbocycles. The van der Waals surface area contributed by atoms with Gasteiger partial charge >= 0.3 is 0 Å². The Hall–Kier alpha value is -2.95. The van der Waals surface area contributed by atoms with Gasteiger partial charge in [-0.1, -0.05) is 0 Å². The molecule has 1 aromatic carbocycles. The van der Waals surface area contributed by atoms with Gasteiger partial charge in [-0.3, -0.25) is 15.8 Å². The Bertz CT molecular complexity index is 665. The minimum absolute atomic E-state index is 0.840. The lowest BCUT2D eigenvalue weighted by Gasteiger charge is -2.25. The zero-order valence-corrected chi connectivity index (χ0v) is 12.4. The third-order valence-corrected chi connectivity index (χ3v) is 3.32. The topological polar surface area (TPSA) is 49.4 Å². The maximum Gasteiger partial charge on any atom is 0.119 e. The monoisotopic (exact) mass is 294 g/mol. The fourth-order valence-electron chi connectivity index (χ4n) is 2.13. The van der Waals surface area contributed by atoms with Crippen molar-refractivity contribution < 1.29 is 4.74 Å². The Kier molecular flexibility index (Phi) is 4.25. The fourth-order valence-corrected chi connectivity index (χ4v) is 2.13. The van der Waals surface area contributed by atoms with Crippen molar-refractivity contribution in [2.45, 2.75) is 6.42 Å². The molecular weight excluding hydrogens is 276 g/mol. The van der Waals surface area contributed by atoms with Crippen molar-refractivity contribution in [3.8, 4) is 5.75 Å². The number of rotatable bonds is 5. The summed E-state index contributed by atoms with van der Waals surface area (Å²) in [5.74, 6) is 0.840. The van der Waals surface area contributed by atoms with Crippen LogP contribution in [0.25, 0.3) is 0 Å². The lowest BCUT2D eigenvalue weighted by Crippen LogP contribution is -2.36. The number of aromatic nitrogens is 1. The van der Waals surface area contributed by atoms with Gasteiger partial charge in [0.25, 0.3) is 0 Å². The van der Waals surface area contributed by atoms with Gasteiger partial charge in [0.2, 0.25) is 0 Å². The van der Waals surface area contributed by atoms with Crippen LogP contribution in [0.3, 0.4) is 0 Å². The molecule has 3 rings (SSSR count). The van der Waals surface area contributed by atoms with E-state index in [1.54, 1.807) is 12.2 Å². The van der Waals surface area contributed by atoms with Crippen LogP contribution >= 0.6 is 0 Å². The number of allylic oxidation sites excluding steroid dienone is 2. The average molecular weight is 294 g/mol. The lowest BCUT2D eigenvalue weighted by atomic mass is 10.1. The highest BCUT2D eigenvalue weighted by Crippen LogP contribution is 2.16. The number of benzene rings is 1. The van der Waals surface area contributed by atoms with Gasteiger partial charge < -0.3 is 4.74 Å². The van der Waals surface area contributed by atoms with Gasteiger partial charge in [-0.25, -0.2) is 5.12 Å². The molecule has 1 aliphatic heterocycles. The van der Waals surface area contributed by atoms with Crippen LogP contribution in [0, 0.1) is 0 Å². The second-order valence-electron chi connectivity index (χ2n) is 4.91. The molecule has 0 unspecified atom stereocenters. The molecule has 0 bridgehead atoms. The summed E-state index contributed by atoms with van der Waals surface area (Å²) in [4.78, 5) is 4.03. The third kappa shape index (κ3) is 3.58. The largest absolute Gasteiger partial charge is 0.497 e. The summed E-state index contributed by atoms with van der Waals surface area (Å²) in [5, 5.41) is 1.80. The van der Waals surface area contributed by atoms with E-state index in [-0.39, 0.29) is 0 Å². The summed E-state index contributed by atoms with van der Waals surface area (Å²) in [6.45, 7) is 0. The normalized spacial score (nSPS) is 13.3. The number of hydrogen-bond donors (Lipinski definition) is 2. The Labute approximate surface area is 129 Å². The van der Waals surface area contributed by atoms with Gasteiger partial charge in [0.05, 0.1) is 12.8 Å². The van der Waals surface area contributed by atoms with Crippen molar-refractivity contribution in [1.29, 1.82) is 0 Å². The van der Waals surface area contributed by atoms with Gasteiger partial charge in [0.15, 0.2) is 0 Å². The van der Waals surface area contributed by atoms with E-state index in [1.165, 1.54) is 11.1 Å². The molecule has 0 fully saturated rings. The van der Waals surface area contributed by atoms with E-state index in [1.807, 2.05) is 61.2 Å². The molecular formula is C17H18N4O. The van der Waals surface area contributed by atoms with E-state index < -0.39 is 0 Å². The number of hydrogen-bond acceptors (Lipinski definition) is 5. The summed E-state index contributed by atoms with van der Waals surface area (Å²) in [5.41, 5.74) is 9.86. The van der Waals surface area contributed by atoms with Crippen molar-refractivity contribution >= 4 is 5.69 Å². The highest BCUT2D eigenvalue weighted by molar-refractivity contribution is 5.46. The van der Waals surface area contributed by atoms with Crippen molar-refractivity contribution in [1.82, 2.24) is 15.5 Å². The van der Waals surface area contributed by atoms with Crippen LogP contribution in [0.1, 0.15) is 5.56 Å². The maximum atomic E-state index is 5.14. The molecule has 1 aromatic heterocycles. The minimum Gasteiger partial charge on any atom is -0.497 e. The maximum absolute atomic E-state index is 5.14. The Balaban J connectivity index is 1.55. The number of ether oxygens (including phenoxy) is 1. The zero-order valence-electron chi connectivity index (χ0n) is 12.4. The molecule has 0 saturated carbocycles. The van der Waals surface area contributed by atoms with Crippen molar-refractivity contribution in [3.63, 3.8) is 0 Å². The molecule has 5 nitrogen and oxygen atoms in total. The summed E-state index contributed by atoms with van der Waals surface area (Å²) in [7, 11) is 1.66. The van der Waals surface area contributed by atoms with Gasteiger partial charge in [0, 0.05) is 24.8 Å². The van der Waals surface area contributed by atoms with Gasteiger partial charge in [-0.2, -0.15) is 0 Å². The molecule has 112 valence electrons. The standard InChI is InChI=1S/C17H18N4O/c1-22-17-4-2-16(3-5-17)20-21-11-8-15(13-19-21)12-14-6-9-18-10-7-14/h2-11,13,19-20H,12H2,1H3. The number of anilines is 1. The van der Waals surface area contributed by atoms with E-state index >= 15 is 0 Å². The number of methoxy groups -OCH3 is 1. The predicted octanol–water partition coefficient (Wildman–Crippen LogP) is 2.88. The number of nitrogens with zero attached hydrogens (tertiary/aromatic N) is 2. The Morgan fingerprint density at radius 3 is 2.55 bits per heavy atom. The molecule has 0 radical (unpaired) electrons. The number of hydrazine groups is 2. The predicted molar refractivity (Wildman–Crippen MR) is 86.8 cm³/mol. The Morgan fingerprint density at radius 2 is 1.91 bits per heavy atom. The second kappa shape index (κ2) is 6.67. The molecule has 2 aromatic rings. The average Bonchev–Trinajstić information content (AvgIpc) is 2.58. The first-order valence-corrected chi connectivity index (χ1v) is 7.06. The summed E-state index contributed by atoms with van der Waals surface area (Å²) in [6.07, 6.45) is 10.5. The van der Waals surface area contributed by atoms with Gasteiger partial charge in [0.1, 0.15) is 5.75 Å². The molecule has 2 N–H and O–H groups in total. The van der Waals surface area contributed by atoms with Gasteiger partial charge in [-0.15, -0.1) is 0 Å². The second-order valence-corrected chi connectivity index (χ2v) is 4.91. The summed E-state index contributed by atoms with van der Waals surface area (Å²) < 4.78 is 5.14. The van der Waals surface area contributed by atoms with Crippen LogP contribution in [-0.4, -0.2) is 17.2 Å². The fraction of sp³-hybridized carbons (Fsp3) is 0.118.